The zero-order chi connectivity index (χ0) is 19.8. The summed E-state index contributed by atoms with van der Waals surface area (Å²) in [5, 5.41) is 5.42. The highest BCUT2D eigenvalue weighted by Crippen LogP contribution is 2.34. The van der Waals surface area contributed by atoms with E-state index < -0.39 is 10.0 Å². The van der Waals surface area contributed by atoms with Crippen LogP contribution in [0, 0.1) is 19.8 Å². The smallest absolute Gasteiger partial charge is 0.230 e. The van der Waals surface area contributed by atoms with E-state index in [2.05, 4.69) is 11.2 Å². The zero-order valence-electron chi connectivity index (χ0n) is 16.4. The van der Waals surface area contributed by atoms with Crippen LogP contribution in [0.4, 0.5) is 0 Å². The highest BCUT2D eigenvalue weighted by molar-refractivity contribution is 8.03. The molecule has 9 heteroatoms. The van der Waals surface area contributed by atoms with E-state index in [0.29, 0.717) is 32.5 Å². The number of rotatable bonds is 4. The number of amides is 1. The third kappa shape index (κ3) is 4.09. The minimum absolute atomic E-state index is 0.105. The van der Waals surface area contributed by atoms with Crippen LogP contribution in [-0.4, -0.2) is 64.5 Å². The summed E-state index contributed by atoms with van der Waals surface area (Å²) in [6.45, 7) is 7.26. The molecule has 2 fully saturated rings. The van der Waals surface area contributed by atoms with Gasteiger partial charge in [-0.15, -0.1) is 11.8 Å². The fourth-order valence-electron chi connectivity index (χ4n) is 3.67. The SMILES string of the molecule is CCS(=O)(=O)N1CCC(C(=O)N2CCS/C2=C/c2c(C)nn(C)c2C)CC1. The van der Waals surface area contributed by atoms with Crippen molar-refractivity contribution < 1.29 is 13.2 Å². The molecular weight excluding hydrogens is 384 g/mol. The van der Waals surface area contributed by atoms with Crippen LogP contribution >= 0.6 is 11.8 Å². The fourth-order valence-corrected chi connectivity index (χ4v) is 5.83. The Morgan fingerprint density at radius 2 is 1.93 bits per heavy atom. The molecule has 0 unspecified atom stereocenters. The Kier molecular flexibility index (Phi) is 6.02. The van der Waals surface area contributed by atoms with Crippen molar-refractivity contribution in [1.29, 1.82) is 0 Å². The lowest BCUT2D eigenvalue weighted by Crippen LogP contribution is -2.43. The predicted molar refractivity (Wildman–Crippen MR) is 109 cm³/mol. The van der Waals surface area contributed by atoms with Gasteiger partial charge >= 0.3 is 0 Å². The zero-order valence-corrected chi connectivity index (χ0v) is 18.1. The van der Waals surface area contributed by atoms with Crippen molar-refractivity contribution >= 4 is 33.8 Å². The molecule has 1 aromatic heterocycles. The van der Waals surface area contributed by atoms with Crippen LogP contribution in [-0.2, 0) is 21.9 Å². The lowest BCUT2D eigenvalue weighted by atomic mass is 9.96. The van der Waals surface area contributed by atoms with Crippen molar-refractivity contribution in [3.05, 3.63) is 22.0 Å². The molecule has 2 aliphatic rings. The number of aromatic nitrogens is 2. The summed E-state index contributed by atoms with van der Waals surface area (Å²) < 4.78 is 27.4. The summed E-state index contributed by atoms with van der Waals surface area (Å²) in [6, 6.07) is 0. The molecule has 1 amide bonds. The highest BCUT2D eigenvalue weighted by Gasteiger charge is 2.35. The number of thioether (sulfide) groups is 1. The average Bonchev–Trinajstić information content (AvgIpc) is 3.21. The molecule has 0 atom stereocenters. The van der Waals surface area contributed by atoms with Crippen LogP contribution in [0.25, 0.3) is 6.08 Å². The van der Waals surface area contributed by atoms with Crippen LogP contribution in [0.3, 0.4) is 0 Å². The van der Waals surface area contributed by atoms with Crippen molar-refractivity contribution in [3.8, 4) is 0 Å². The molecule has 0 aliphatic carbocycles. The van der Waals surface area contributed by atoms with E-state index in [9.17, 15) is 13.2 Å². The number of aryl methyl sites for hydroxylation is 2. The molecule has 3 rings (SSSR count). The van der Waals surface area contributed by atoms with Gasteiger partial charge in [0.25, 0.3) is 0 Å². The summed E-state index contributed by atoms with van der Waals surface area (Å²) in [6.07, 6.45) is 3.26. The van der Waals surface area contributed by atoms with Crippen LogP contribution in [0.2, 0.25) is 0 Å². The van der Waals surface area contributed by atoms with Crippen LogP contribution in [0.15, 0.2) is 5.03 Å². The summed E-state index contributed by atoms with van der Waals surface area (Å²) in [5.41, 5.74) is 3.11. The first-order chi connectivity index (χ1) is 12.7. The molecule has 2 saturated heterocycles. The first kappa shape index (κ1) is 20.4. The second kappa shape index (κ2) is 7.97. The third-order valence-electron chi connectivity index (χ3n) is 5.49. The monoisotopic (exact) mass is 412 g/mol. The van der Waals surface area contributed by atoms with Gasteiger partial charge in [-0.05, 0) is 39.7 Å². The van der Waals surface area contributed by atoms with Gasteiger partial charge in [-0.25, -0.2) is 12.7 Å². The van der Waals surface area contributed by atoms with E-state index in [1.54, 1.807) is 18.7 Å². The van der Waals surface area contributed by atoms with Gasteiger partial charge in [0.2, 0.25) is 15.9 Å². The number of carbonyl (C=O) groups excluding carboxylic acids is 1. The lowest BCUT2D eigenvalue weighted by Gasteiger charge is -2.32. The highest BCUT2D eigenvalue weighted by atomic mass is 32.2. The maximum Gasteiger partial charge on any atom is 0.230 e. The van der Waals surface area contributed by atoms with Crippen molar-refractivity contribution in [2.75, 3.05) is 31.1 Å². The van der Waals surface area contributed by atoms with Gasteiger partial charge in [0, 0.05) is 49.6 Å². The molecule has 3 heterocycles. The van der Waals surface area contributed by atoms with Crippen molar-refractivity contribution in [1.82, 2.24) is 19.0 Å². The molecule has 1 aromatic rings. The number of hydrogen-bond donors (Lipinski definition) is 0. The molecule has 7 nitrogen and oxygen atoms in total. The topological polar surface area (TPSA) is 75.5 Å². The van der Waals surface area contributed by atoms with Crippen molar-refractivity contribution in [2.45, 2.75) is 33.6 Å². The van der Waals surface area contributed by atoms with Crippen molar-refractivity contribution in [3.63, 3.8) is 0 Å². The normalized spacial score (nSPS) is 21.3. The van der Waals surface area contributed by atoms with Gasteiger partial charge in [-0.3, -0.25) is 9.48 Å². The van der Waals surface area contributed by atoms with Gasteiger partial charge < -0.3 is 4.90 Å². The third-order valence-corrected chi connectivity index (χ3v) is 8.39. The molecule has 0 spiro atoms. The maximum absolute atomic E-state index is 13.1. The quantitative estimate of drug-likeness (QED) is 0.756. The summed E-state index contributed by atoms with van der Waals surface area (Å²) in [4.78, 5) is 15.0. The summed E-state index contributed by atoms with van der Waals surface area (Å²) in [7, 11) is -1.24. The Morgan fingerprint density at radius 1 is 1.26 bits per heavy atom. The van der Waals surface area contributed by atoms with Crippen molar-refractivity contribution in [2.24, 2.45) is 13.0 Å². The minimum Gasteiger partial charge on any atom is -0.306 e. The van der Waals surface area contributed by atoms with E-state index in [1.165, 1.54) is 4.31 Å². The average molecular weight is 413 g/mol. The second-order valence-corrected chi connectivity index (χ2v) is 10.5. The fraction of sp³-hybridized carbons (Fsp3) is 0.667. The standard InChI is InChI=1S/C18H28N4O3S2/c1-5-27(24,25)21-8-6-15(7-9-21)18(23)22-10-11-26-17(22)12-16-13(2)19-20(4)14(16)3/h12,15H,5-11H2,1-4H3/b17-12+. The largest absolute Gasteiger partial charge is 0.306 e. The molecule has 0 saturated carbocycles. The minimum atomic E-state index is -3.16. The molecule has 0 N–H and O–H groups in total. The van der Waals surface area contributed by atoms with Gasteiger partial charge in [0.05, 0.1) is 16.5 Å². The Morgan fingerprint density at radius 3 is 2.48 bits per heavy atom. The second-order valence-electron chi connectivity index (χ2n) is 7.10. The van der Waals surface area contributed by atoms with E-state index in [0.717, 1.165) is 27.7 Å². The van der Waals surface area contributed by atoms with Crippen LogP contribution in [0.1, 0.15) is 36.7 Å². The molecular formula is C18H28N4O3S2. The Labute approximate surface area is 165 Å². The number of carbonyl (C=O) groups is 1. The van der Waals surface area contributed by atoms with Gasteiger partial charge in [0.1, 0.15) is 0 Å². The summed E-state index contributed by atoms with van der Waals surface area (Å²) >= 11 is 1.70. The molecule has 0 aromatic carbocycles. The lowest BCUT2D eigenvalue weighted by molar-refractivity contribution is -0.133. The van der Waals surface area contributed by atoms with E-state index in [1.807, 2.05) is 30.5 Å². The first-order valence-electron chi connectivity index (χ1n) is 9.38. The number of sulfonamides is 1. The van der Waals surface area contributed by atoms with E-state index in [4.69, 9.17) is 0 Å². The summed E-state index contributed by atoms with van der Waals surface area (Å²) in [5.74, 6) is 1.02. The predicted octanol–water partition coefficient (Wildman–Crippen LogP) is 1.97. The maximum atomic E-state index is 13.1. The van der Waals surface area contributed by atoms with E-state index in [-0.39, 0.29) is 17.6 Å². The van der Waals surface area contributed by atoms with Crippen LogP contribution in [0.5, 0.6) is 0 Å². The van der Waals surface area contributed by atoms with Gasteiger partial charge in [-0.1, -0.05) is 0 Å². The van der Waals surface area contributed by atoms with Crippen LogP contribution < -0.4 is 0 Å². The Balaban J connectivity index is 1.72. The molecule has 2 aliphatic heterocycles. The van der Waals surface area contributed by atoms with Gasteiger partial charge in [0.15, 0.2) is 0 Å². The molecule has 150 valence electrons. The molecule has 27 heavy (non-hydrogen) atoms. The number of piperidine rings is 1. The number of hydrogen-bond acceptors (Lipinski definition) is 5. The van der Waals surface area contributed by atoms with E-state index >= 15 is 0 Å². The molecule has 0 radical (unpaired) electrons. The first-order valence-corrected chi connectivity index (χ1v) is 12.0. The Hall–Kier alpha value is -1.32. The number of nitrogens with zero attached hydrogens (tertiary/aromatic N) is 4. The molecule has 0 bridgehead atoms. The Bertz CT molecular complexity index is 852. The van der Waals surface area contributed by atoms with Gasteiger partial charge in [-0.2, -0.15) is 5.10 Å².